The first-order valence-electron chi connectivity index (χ1n) is 3.41. The van der Waals surface area contributed by atoms with Crippen LogP contribution in [0.25, 0.3) is 0 Å². The van der Waals surface area contributed by atoms with Crippen molar-refractivity contribution in [1.82, 2.24) is 0 Å². The van der Waals surface area contributed by atoms with Crippen LogP contribution in [-0.4, -0.2) is 15.9 Å². The summed E-state index contributed by atoms with van der Waals surface area (Å²) in [4.78, 5) is 0.296. The average Bonchev–Trinajstić information content (AvgIpc) is 2.05. The third-order valence-corrected chi connectivity index (χ3v) is 2.04. The largest absolute Gasteiger partial charge is 0.768 e. The molecule has 1 aromatic carbocycles. The third-order valence-electron chi connectivity index (χ3n) is 1.40. The summed E-state index contributed by atoms with van der Waals surface area (Å²) in [6.07, 6.45) is 0. The normalized spacial score (nSPS) is 12.8. The van der Waals surface area contributed by atoms with Gasteiger partial charge >= 0.3 is 0 Å². The van der Waals surface area contributed by atoms with Crippen molar-refractivity contribution in [1.29, 1.82) is 0 Å². The first-order chi connectivity index (χ1) is 5.74. The number of rotatable bonds is 3. The van der Waals surface area contributed by atoms with Gasteiger partial charge in [0.15, 0.2) is 0 Å². The van der Waals surface area contributed by atoms with E-state index in [0.717, 1.165) is 5.56 Å². The van der Waals surface area contributed by atoms with Crippen LogP contribution in [0.4, 0.5) is 0 Å². The molecule has 0 spiro atoms. The van der Waals surface area contributed by atoms with Crippen molar-refractivity contribution in [2.75, 3.05) is 7.11 Å². The van der Waals surface area contributed by atoms with Crippen LogP contribution >= 0.6 is 0 Å². The summed E-state index contributed by atoms with van der Waals surface area (Å²) in [5, 5.41) is 0. The molecule has 0 radical (unpaired) electrons. The summed E-state index contributed by atoms with van der Waals surface area (Å²) < 4.78 is 25.9. The fourth-order valence-corrected chi connectivity index (χ4v) is 1.34. The van der Waals surface area contributed by atoms with Crippen molar-refractivity contribution in [3.05, 3.63) is 29.8 Å². The lowest BCUT2D eigenvalue weighted by Crippen LogP contribution is -1.92. The molecule has 0 aliphatic heterocycles. The standard InChI is InChI=1S/C8H10O3S/c1-11-6-7-3-2-4-8(5-7)12(9)10/h2-5H,6H2,1H3,(H,9,10)/p-1. The summed E-state index contributed by atoms with van der Waals surface area (Å²) >= 11 is -2.15. The molecule has 0 aromatic heterocycles. The highest BCUT2D eigenvalue weighted by molar-refractivity contribution is 7.79. The number of hydrogen-bond acceptors (Lipinski definition) is 3. The molecule has 3 nitrogen and oxygen atoms in total. The Labute approximate surface area is 73.7 Å². The van der Waals surface area contributed by atoms with Gasteiger partial charge < -0.3 is 9.29 Å². The zero-order valence-electron chi connectivity index (χ0n) is 6.65. The maximum atomic E-state index is 10.5. The molecule has 0 saturated carbocycles. The van der Waals surface area contributed by atoms with E-state index in [2.05, 4.69) is 0 Å². The monoisotopic (exact) mass is 185 g/mol. The molecular weight excluding hydrogens is 176 g/mol. The van der Waals surface area contributed by atoms with Crippen molar-refractivity contribution in [2.45, 2.75) is 11.5 Å². The number of ether oxygens (including phenoxy) is 1. The lowest BCUT2D eigenvalue weighted by molar-refractivity contribution is 0.184. The smallest absolute Gasteiger partial charge is 0.0713 e. The van der Waals surface area contributed by atoms with E-state index in [0.29, 0.717) is 11.5 Å². The van der Waals surface area contributed by atoms with E-state index in [-0.39, 0.29) is 0 Å². The van der Waals surface area contributed by atoms with Gasteiger partial charge in [-0.15, -0.1) is 0 Å². The second-order valence-electron chi connectivity index (χ2n) is 2.32. The van der Waals surface area contributed by atoms with Gasteiger partial charge in [-0.25, -0.2) is 0 Å². The molecule has 0 aliphatic carbocycles. The van der Waals surface area contributed by atoms with Crippen LogP contribution in [0.1, 0.15) is 5.56 Å². The minimum atomic E-state index is -2.15. The molecule has 1 unspecified atom stereocenters. The van der Waals surface area contributed by atoms with Crippen LogP contribution in [0, 0.1) is 0 Å². The maximum Gasteiger partial charge on any atom is 0.0713 e. The first-order valence-corrected chi connectivity index (χ1v) is 4.48. The molecular formula is C8H9O3S-. The van der Waals surface area contributed by atoms with Crippen LogP contribution in [0.3, 0.4) is 0 Å². The lowest BCUT2D eigenvalue weighted by atomic mass is 10.2. The molecule has 0 fully saturated rings. The predicted octanol–water partition coefficient (Wildman–Crippen LogP) is 1.07. The highest BCUT2D eigenvalue weighted by Gasteiger charge is 1.94. The van der Waals surface area contributed by atoms with E-state index < -0.39 is 11.1 Å². The zero-order chi connectivity index (χ0) is 8.97. The predicted molar refractivity (Wildman–Crippen MR) is 44.3 cm³/mol. The van der Waals surface area contributed by atoms with E-state index >= 15 is 0 Å². The first kappa shape index (κ1) is 9.38. The molecule has 0 aliphatic rings. The molecule has 1 atom stereocenters. The Morgan fingerprint density at radius 3 is 2.92 bits per heavy atom. The topological polar surface area (TPSA) is 49.4 Å². The van der Waals surface area contributed by atoms with Crippen molar-refractivity contribution >= 4 is 11.1 Å². The second kappa shape index (κ2) is 4.35. The van der Waals surface area contributed by atoms with E-state index in [1.807, 2.05) is 6.07 Å². The maximum absolute atomic E-state index is 10.5. The van der Waals surface area contributed by atoms with Gasteiger partial charge in [-0.2, -0.15) is 0 Å². The van der Waals surface area contributed by atoms with Crippen LogP contribution in [-0.2, 0) is 22.4 Å². The van der Waals surface area contributed by atoms with Crippen molar-refractivity contribution in [3.8, 4) is 0 Å². The van der Waals surface area contributed by atoms with E-state index in [4.69, 9.17) is 4.74 Å². The molecule has 12 heavy (non-hydrogen) atoms. The molecule has 0 bridgehead atoms. The molecule has 1 aromatic rings. The summed E-state index contributed by atoms with van der Waals surface area (Å²) in [6, 6.07) is 6.65. The second-order valence-corrected chi connectivity index (χ2v) is 3.26. The summed E-state index contributed by atoms with van der Waals surface area (Å²) in [5.74, 6) is 0. The Morgan fingerprint density at radius 1 is 1.58 bits per heavy atom. The fourth-order valence-electron chi connectivity index (χ4n) is 0.906. The Morgan fingerprint density at radius 2 is 2.33 bits per heavy atom. The van der Waals surface area contributed by atoms with Gasteiger partial charge in [0.05, 0.1) is 6.61 Å². The minimum absolute atomic E-state index is 0.296. The van der Waals surface area contributed by atoms with Crippen LogP contribution < -0.4 is 0 Å². The summed E-state index contributed by atoms with van der Waals surface area (Å²) in [5.41, 5.74) is 0.860. The van der Waals surface area contributed by atoms with Gasteiger partial charge in [-0.3, -0.25) is 4.21 Å². The molecule has 1 rings (SSSR count). The van der Waals surface area contributed by atoms with Gasteiger partial charge in [0, 0.05) is 12.0 Å². The van der Waals surface area contributed by atoms with Crippen molar-refractivity contribution in [2.24, 2.45) is 0 Å². The van der Waals surface area contributed by atoms with Gasteiger partial charge in [0.25, 0.3) is 0 Å². The molecule has 0 heterocycles. The molecule has 66 valence electrons. The van der Waals surface area contributed by atoms with Crippen LogP contribution in [0.2, 0.25) is 0 Å². The van der Waals surface area contributed by atoms with E-state index in [1.165, 1.54) is 0 Å². The average molecular weight is 185 g/mol. The highest BCUT2D eigenvalue weighted by atomic mass is 32.2. The van der Waals surface area contributed by atoms with Gasteiger partial charge in [0.1, 0.15) is 0 Å². The number of methoxy groups -OCH3 is 1. The highest BCUT2D eigenvalue weighted by Crippen LogP contribution is 2.08. The number of benzene rings is 1. The van der Waals surface area contributed by atoms with E-state index in [1.54, 1.807) is 25.3 Å². The zero-order valence-corrected chi connectivity index (χ0v) is 7.47. The van der Waals surface area contributed by atoms with Crippen molar-refractivity contribution < 1.29 is 13.5 Å². The molecule has 0 N–H and O–H groups in total. The lowest BCUT2D eigenvalue weighted by Gasteiger charge is -2.06. The van der Waals surface area contributed by atoms with Gasteiger partial charge in [-0.1, -0.05) is 12.1 Å². The fraction of sp³-hybridized carbons (Fsp3) is 0.250. The molecule has 0 amide bonds. The Hall–Kier alpha value is -0.710. The Balaban J connectivity index is 2.88. The molecule has 4 heteroatoms. The summed E-state index contributed by atoms with van der Waals surface area (Å²) in [6.45, 7) is 0.436. The third kappa shape index (κ3) is 2.41. The van der Waals surface area contributed by atoms with Gasteiger partial charge in [0.2, 0.25) is 0 Å². The van der Waals surface area contributed by atoms with Crippen molar-refractivity contribution in [3.63, 3.8) is 0 Å². The number of hydrogen-bond donors (Lipinski definition) is 0. The van der Waals surface area contributed by atoms with E-state index in [9.17, 15) is 8.76 Å². The van der Waals surface area contributed by atoms with Gasteiger partial charge in [-0.05, 0) is 28.8 Å². The Bertz CT molecular complexity index is 285. The summed E-state index contributed by atoms with van der Waals surface area (Å²) in [7, 11) is 1.57. The Kier molecular flexibility index (Phi) is 3.40. The quantitative estimate of drug-likeness (QED) is 0.662. The van der Waals surface area contributed by atoms with Crippen LogP contribution in [0.15, 0.2) is 29.2 Å². The SMILES string of the molecule is COCc1cccc(S(=O)[O-])c1. The van der Waals surface area contributed by atoms with Crippen LogP contribution in [0.5, 0.6) is 0 Å². The molecule has 0 saturated heterocycles. The minimum Gasteiger partial charge on any atom is -0.768 e.